The first-order chi connectivity index (χ1) is 10.5. The van der Waals surface area contributed by atoms with E-state index in [1.165, 1.54) is 6.07 Å². The van der Waals surface area contributed by atoms with Crippen LogP contribution in [0.3, 0.4) is 0 Å². The summed E-state index contributed by atoms with van der Waals surface area (Å²) in [5.74, 6) is -1.00. The maximum Gasteiger partial charge on any atom is 0.336 e. The van der Waals surface area contributed by atoms with Gasteiger partial charge in [0, 0.05) is 5.02 Å². The first-order valence-electron chi connectivity index (χ1n) is 6.19. The van der Waals surface area contributed by atoms with Crippen LogP contribution in [0.5, 0.6) is 0 Å². The van der Waals surface area contributed by atoms with Crippen LogP contribution in [-0.4, -0.2) is 22.4 Å². The van der Waals surface area contributed by atoms with Gasteiger partial charge in [-0.25, -0.2) is 4.79 Å². The minimum atomic E-state index is -1.00. The number of nitrogens with zero attached hydrogens (tertiary/aromatic N) is 1. The van der Waals surface area contributed by atoms with Crippen molar-refractivity contribution in [1.29, 1.82) is 0 Å². The van der Waals surface area contributed by atoms with E-state index in [1.54, 1.807) is 42.6 Å². The molecule has 0 saturated heterocycles. The standard InChI is InChI=1S/C15H12ClN3O2S/c16-11-5-6-12(14(20)21)13(7-11)10-3-1-9(2-4-10)8-18-19-15(17)22/h1-8H,(H,20,21)(H3,17,19,22). The number of hydrogen-bond donors (Lipinski definition) is 3. The predicted molar refractivity (Wildman–Crippen MR) is 91.4 cm³/mol. The van der Waals surface area contributed by atoms with Crippen LogP contribution >= 0.6 is 23.8 Å². The maximum absolute atomic E-state index is 11.3. The number of benzene rings is 2. The van der Waals surface area contributed by atoms with E-state index in [9.17, 15) is 9.90 Å². The Labute approximate surface area is 137 Å². The second kappa shape index (κ2) is 7.02. The lowest BCUT2D eigenvalue weighted by atomic mass is 9.99. The molecular formula is C15H12ClN3O2S. The average molecular weight is 334 g/mol. The van der Waals surface area contributed by atoms with Crippen molar-refractivity contribution in [2.75, 3.05) is 0 Å². The molecule has 0 aromatic heterocycles. The molecule has 0 bridgehead atoms. The van der Waals surface area contributed by atoms with Gasteiger partial charge in [-0.15, -0.1) is 0 Å². The van der Waals surface area contributed by atoms with Gasteiger partial charge < -0.3 is 10.8 Å². The first-order valence-corrected chi connectivity index (χ1v) is 6.98. The first kappa shape index (κ1) is 15.9. The number of carbonyl (C=O) groups is 1. The van der Waals surface area contributed by atoms with Crippen LogP contribution in [0, 0.1) is 0 Å². The minimum absolute atomic E-state index is 0.0814. The Morgan fingerprint density at radius 2 is 1.95 bits per heavy atom. The zero-order valence-electron chi connectivity index (χ0n) is 11.3. The smallest absolute Gasteiger partial charge is 0.336 e. The molecule has 0 fully saturated rings. The number of rotatable bonds is 4. The average Bonchev–Trinajstić information content (AvgIpc) is 2.47. The topological polar surface area (TPSA) is 87.7 Å². The number of carboxylic acids is 1. The Balaban J connectivity index is 2.31. The van der Waals surface area contributed by atoms with Crippen LogP contribution < -0.4 is 11.2 Å². The molecule has 2 aromatic rings. The summed E-state index contributed by atoms with van der Waals surface area (Å²) in [5, 5.41) is 13.7. The van der Waals surface area contributed by atoms with Crippen LogP contribution in [0.2, 0.25) is 5.02 Å². The molecule has 0 amide bonds. The summed E-state index contributed by atoms with van der Waals surface area (Å²) in [6.07, 6.45) is 1.55. The fraction of sp³-hybridized carbons (Fsp3) is 0. The molecule has 0 radical (unpaired) electrons. The highest BCUT2D eigenvalue weighted by atomic mass is 35.5. The van der Waals surface area contributed by atoms with Gasteiger partial charge in [0.05, 0.1) is 11.8 Å². The van der Waals surface area contributed by atoms with Gasteiger partial charge in [-0.2, -0.15) is 5.10 Å². The second-order valence-corrected chi connectivity index (χ2v) is 5.23. The summed E-state index contributed by atoms with van der Waals surface area (Å²) in [4.78, 5) is 11.3. The van der Waals surface area contributed by atoms with Crippen LogP contribution in [-0.2, 0) is 0 Å². The molecule has 0 atom stereocenters. The van der Waals surface area contributed by atoms with Crippen molar-refractivity contribution >= 4 is 41.1 Å². The Hall–Kier alpha value is -2.44. The van der Waals surface area contributed by atoms with Gasteiger partial charge in [0.1, 0.15) is 0 Å². The highest BCUT2D eigenvalue weighted by Gasteiger charge is 2.12. The van der Waals surface area contributed by atoms with E-state index in [0.717, 1.165) is 11.1 Å². The Kier molecular flexibility index (Phi) is 5.08. The number of hydrogen-bond acceptors (Lipinski definition) is 3. The molecule has 7 heteroatoms. The number of thiocarbonyl (C=S) groups is 1. The molecule has 0 spiro atoms. The van der Waals surface area contributed by atoms with Gasteiger partial charge in [-0.05, 0) is 47.1 Å². The van der Waals surface area contributed by atoms with Crippen LogP contribution in [0.1, 0.15) is 15.9 Å². The van der Waals surface area contributed by atoms with E-state index < -0.39 is 5.97 Å². The highest BCUT2D eigenvalue weighted by molar-refractivity contribution is 7.80. The number of nitrogens with two attached hydrogens (primary N) is 1. The lowest BCUT2D eigenvalue weighted by molar-refractivity contribution is 0.0698. The van der Waals surface area contributed by atoms with Crippen LogP contribution in [0.25, 0.3) is 11.1 Å². The quantitative estimate of drug-likeness (QED) is 0.455. The van der Waals surface area contributed by atoms with Crippen molar-refractivity contribution in [3.63, 3.8) is 0 Å². The van der Waals surface area contributed by atoms with E-state index in [-0.39, 0.29) is 10.7 Å². The van der Waals surface area contributed by atoms with Crippen molar-refractivity contribution < 1.29 is 9.90 Å². The zero-order chi connectivity index (χ0) is 16.1. The van der Waals surface area contributed by atoms with Gasteiger partial charge in [0.15, 0.2) is 5.11 Å². The number of hydrazone groups is 1. The molecule has 0 heterocycles. The number of nitrogens with one attached hydrogen (secondary N) is 1. The molecule has 112 valence electrons. The van der Waals surface area contributed by atoms with Gasteiger partial charge in [-0.1, -0.05) is 35.9 Å². The molecule has 5 nitrogen and oxygen atoms in total. The lowest BCUT2D eigenvalue weighted by Gasteiger charge is -2.07. The highest BCUT2D eigenvalue weighted by Crippen LogP contribution is 2.27. The maximum atomic E-state index is 11.3. The third-order valence-electron chi connectivity index (χ3n) is 2.82. The van der Waals surface area contributed by atoms with Gasteiger partial charge in [0.25, 0.3) is 0 Å². The van der Waals surface area contributed by atoms with Gasteiger partial charge in [-0.3, -0.25) is 5.43 Å². The third kappa shape index (κ3) is 4.03. The fourth-order valence-corrected chi connectivity index (χ4v) is 2.09. The summed E-state index contributed by atoms with van der Waals surface area (Å²) in [6.45, 7) is 0. The minimum Gasteiger partial charge on any atom is -0.478 e. The molecule has 2 aromatic carbocycles. The van der Waals surface area contributed by atoms with Crippen molar-refractivity contribution in [1.82, 2.24) is 5.43 Å². The Morgan fingerprint density at radius 3 is 2.55 bits per heavy atom. The van der Waals surface area contributed by atoms with Gasteiger partial charge >= 0.3 is 5.97 Å². The van der Waals surface area contributed by atoms with E-state index in [0.29, 0.717) is 10.6 Å². The molecule has 0 aliphatic rings. The van der Waals surface area contributed by atoms with Crippen molar-refractivity contribution in [2.45, 2.75) is 0 Å². The van der Waals surface area contributed by atoms with Crippen molar-refractivity contribution in [3.8, 4) is 11.1 Å². The monoisotopic (exact) mass is 333 g/mol. The zero-order valence-corrected chi connectivity index (χ0v) is 12.9. The normalized spacial score (nSPS) is 10.6. The number of aromatic carboxylic acids is 1. The number of halogens is 1. The van der Waals surface area contributed by atoms with Gasteiger partial charge in [0.2, 0.25) is 0 Å². The van der Waals surface area contributed by atoms with Crippen LogP contribution in [0.4, 0.5) is 0 Å². The van der Waals surface area contributed by atoms with Crippen molar-refractivity contribution in [2.24, 2.45) is 10.8 Å². The predicted octanol–water partition coefficient (Wildman–Crippen LogP) is 2.87. The van der Waals surface area contributed by atoms with E-state index in [4.69, 9.17) is 17.3 Å². The largest absolute Gasteiger partial charge is 0.478 e. The summed E-state index contributed by atoms with van der Waals surface area (Å²) >= 11 is 10.6. The van der Waals surface area contributed by atoms with Crippen LogP contribution in [0.15, 0.2) is 47.6 Å². The molecule has 4 N–H and O–H groups in total. The molecule has 2 rings (SSSR count). The molecular weight excluding hydrogens is 322 g/mol. The third-order valence-corrected chi connectivity index (χ3v) is 3.15. The molecule has 0 aliphatic carbocycles. The molecule has 22 heavy (non-hydrogen) atoms. The second-order valence-electron chi connectivity index (χ2n) is 4.35. The lowest BCUT2D eigenvalue weighted by Crippen LogP contribution is -2.23. The van der Waals surface area contributed by atoms with E-state index in [1.807, 2.05) is 0 Å². The molecule has 0 unspecified atom stereocenters. The Bertz CT molecular complexity index is 745. The SMILES string of the molecule is NC(=S)NN=Cc1ccc(-c2cc(Cl)ccc2C(=O)O)cc1. The number of carboxylic acid groups (broad SMARTS) is 1. The summed E-state index contributed by atoms with van der Waals surface area (Å²) in [6, 6.07) is 11.8. The summed E-state index contributed by atoms with van der Waals surface area (Å²) in [7, 11) is 0. The Morgan fingerprint density at radius 1 is 1.27 bits per heavy atom. The molecule has 0 aliphatic heterocycles. The van der Waals surface area contributed by atoms with Crippen molar-refractivity contribution in [3.05, 3.63) is 58.6 Å². The van der Waals surface area contributed by atoms with E-state index in [2.05, 4.69) is 22.7 Å². The molecule has 0 saturated carbocycles. The summed E-state index contributed by atoms with van der Waals surface area (Å²) in [5.41, 5.74) is 10.0. The fourth-order valence-electron chi connectivity index (χ4n) is 1.86. The van der Waals surface area contributed by atoms with E-state index >= 15 is 0 Å². The summed E-state index contributed by atoms with van der Waals surface area (Å²) < 4.78 is 0.